The van der Waals surface area contributed by atoms with Crippen LogP contribution in [0.4, 0.5) is 0 Å². The maximum atomic E-state index is 8.77. The Morgan fingerprint density at radius 1 is 1.23 bits per heavy atom. The lowest BCUT2D eigenvalue weighted by Gasteiger charge is -2.12. The van der Waals surface area contributed by atoms with E-state index in [-0.39, 0.29) is 19.0 Å². The fraction of sp³-hybridized carbons (Fsp3) is 0.400. The van der Waals surface area contributed by atoms with Gasteiger partial charge in [-0.15, -0.1) is 12.4 Å². The van der Waals surface area contributed by atoms with E-state index in [0.717, 1.165) is 6.42 Å². The summed E-state index contributed by atoms with van der Waals surface area (Å²) in [5, 5.41) is 8.77. The van der Waals surface area contributed by atoms with Crippen LogP contribution in [0.3, 0.4) is 0 Å². The van der Waals surface area contributed by atoms with Gasteiger partial charge < -0.3 is 10.8 Å². The molecule has 1 rings (SSSR count). The molecular weight excluding hydrogens is 186 g/mol. The number of rotatable bonds is 4. The highest BCUT2D eigenvalue weighted by Gasteiger charge is 2.06. The zero-order chi connectivity index (χ0) is 8.81. The lowest BCUT2D eigenvalue weighted by Crippen LogP contribution is -2.13. The van der Waals surface area contributed by atoms with Gasteiger partial charge in [-0.05, 0) is 24.4 Å². The Kier molecular flexibility index (Phi) is 6.59. The van der Waals surface area contributed by atoms with Crippen LogP contribution in [0.15, 0.2) is 30.3 Å². The quantitative estimate of drug-likeness (QED) is 0.776. The SMILES string of the molecule is Cl.NCC(CCO)c1ccccc1. The molecule has 1 unspecified atom stereocenters. The predicted octanol–water partition coefficient (Wildman–Crippen LogP) is 1.53. The number of hydrogen-bond acceptors (Lipinski definition) is 2. The summed E-state index contributed by atoms with van der Waals surface area (Å²) >= 11 is 0. The van der Waals surface area contributed by atoms with Crippen molar-refractivity contribution < 1.29 is 5.11 Å². The summed E-state index contributed by atoms with van der Waals surface area (Å²) in [6.45, 7) is 0.807. The number of halogens is 1. The highest BCUT2D eigenvalue weighted by Crippen LogP contribution is 2.16. The highest BCUT2D eigenvalue weighted by molar-refractivity contribution is 5.85. The molecule has 0 aliphatic rings. The minimum Gasteiger partial charge on any atom is -0.396 e. The van der Waals surface area contributed by atoms with Gasteiger partial charge in [0.1, 0.15) is 0 Å². The van der Waals surface area contributed by atoms with Gasteiger partial charge in [0.2, 0.25) is 0 Å². The molecule has 0 saturated carbocycles. The lowest BCUT2D eigenvalue weighted by atomic mass is 9.96. The second-order valence-electron chi connectivity index (χ2n) is 2.86. The maximum Gasteiger partial charge on any atom is 0.0437 e. The molecule has 74 valence electrons. The van der Waals surface area contributed by atoms with Crippen LogP contribution in [0.5, 0.6) is 0 Å². The number of nitrogens with two attached hydrogens (primary N) is 1. The van der Waals surface area contributed by atoms with Crippen LogP contribution in [-0.4, -0.2) is 18.3 Å². The molecule has 0 saturated heterocycles. The molecule has 3 N–H and O–H groups in total. The monoisotopic (exact) mass is 201 g/mol. The summed E-state index contributed by atoms with van der Waals surface area (Å²) < 4.78 is 0. The number of aliphatic hydroxyl groups is 1. The molecule has 0 aliphatic carbocycles. The van der Waals surface area contributed by atoms with Crippen LogP contribution in [-0.2, 0) is 0 Å². The first-order valence-corrected chi connectivity index (χ1v) is 4.24. The van der Waals surface area contributed by atoms with Gasteiger partial charge in [-0.25, -0.2) is 0 Å². The van der Waals surface area contributed by atoms with Gasteiger partial charge in [-0.2, -0.15) is 0 Å². The van der Waals surface area contributed by atoms with Crippen molar-refractivity contribution in [1.29, 1.82) is 0 Å². The number of benzene rings is 1. The molecule has 0 spiro atoms. The molecule has 3 heteroatoms. The molecule has 0 bridgehead atoms. The third-order valence-corrected chi connectivity index (χ3v) is 2.03. The van der Waals surface area contributed by atoms with E-state index in [1.165, 1.54) is 5.56 Å². The van der Waals surface area contributed by atoms with E-state index in [2.05, 4.69) is 0 Å². The zero-order valence-electron chi connectivity index (χ0n) is 7.52. The third-order valence-electron chi connectivity index (χ3n) is 2.03. The average molecular weight is 202 g/mol. The molecule has 0 fully saturated rings. The van der Waals surface area contributed by atoms with Crippen molar-refractivity contribution in [3.8, 4) is 0 Å². The largest absolute Gasteiger partial charge is 0.396 e. The molecule has 0 radical (unpaired) electrons. The van der Waals surface area contributed by atoms with E-state index in [1.54, 1.807) is 0 Å². The van der Waals surface area contributed by atoms with Gasteiger partial charge in [-0.3, -0.25) is 0 Å². The minimum absolute atomic E-state index is 0. The molecule has 0 aromatic heterocycles. The van der Waals surface area contributed by atoms with E-state index in [0.29, 0.717) is 12.5 Å². The van der Waals surface area contributed by atoms with Crippen molar-refractivity contribution in [2.75, 3.05) is 13.2 Å². The molecule has 0 amide bonds. The zero-order valence-corrected chi connectivity index (χ0v) is 8.33. The van der Waals surface area contributed by atoms with Crippen LogP contribution in [0.25, 0.3) is 0 Å². The van der Waals surface area contributed by atoms with Crippen molar-refractivity contribution in [2.45, 2.75) is 12.3 Å². The van der Waals surface area contributed by atoms with Gasteiger partial charge in [0, 0.05) is 6.61 Å². The summed E-state index contributed by atoms with van der Waals surface area (Å²) in [6, 6.07) is 10.1. The van der Waals surface area contributed by atoms with E-state index >= 15 is 0 Å². The van der Waals surface area contributed by atoms with Crippen molar-refractivity contribution in [2.24, 2.45) is 5.73 Å². The smallest absolute Gasteiger partial charge is 0.0437 e. The topological polar surface area (TPSA) is 46.2 Å². The molecule has 0 heterocycles. The van der Waals surface area contributed by atoms with Crippen LogP contribution >= 0.6 is 12.4 Å². The maximum absolute atomic E-state index is 8.77. The van der Waals surface area contributed by atoms with Crippen molar-refractivity contribution in [1.82, 2.24) is 0 Å². The predicted molar refractivity (Wildman–Crippen MR) is 57.2 cm³/mol. The Morgan fingerprint density at radius 3 is 2.31 bits per heavy atom. The van der Waals surface area contributed by atoms with Gasteiger partial charge >= 0.3 is 0 Å². The van der Waals surface area contributed by atoms with Crippen LogP contribution in [0.2, 0.25) is 0 Å². The van der Waals surface area contributed by atoms with E-state index in [1.807, 2.05) is 30.3 Å². The molecule has 2 nitrogen and oxygen atoms in total. The standard InChI is InChI=1S/C10H15NO.ClH/c11-8-10(6-7-12)9-4-2-1-3-5-9;/h1-5,10,12H,6-8,11H2;1H. The van der Waals surface area contributed by atoms with Gasteiger partial charge in [-0.1, -0.05) is 30.3 Å². The summed E-state index contributed by atoms with van der Waals surface area (Å²) in [4.78, 5) is 0. The first-order valence-electron chi connectivity index (χ1n) is 4.24. The minimum atomic E-state index is 0. The Morgan fingerprint density at radius 2 is 1.85 bits per heavy atom. The second-order valence-corrected chi connectivity index (χ2v) is 2.86. The summed E-state index contributed by atoms with van der Waals surface area (Å²) in [5.74, 6) is 0.302. The molecule has 1 atom stereocenters. The second kappa shape index (κ2) is 6.89. The average Bonchev–Trinajstić information content (AvgIpc) is 2.15. The molecule has 1 aromatic rings. The van der Waals surface area contributed by atoms with Crippen molar-refractivity contribution >= 4 is 12.4 Å². The van der Waals surface area contributed by atoms with Gasteiger partial charge in [0.25, 0.3) is 0 Å². The molecular formula is C10H16ClNO. The lowest BCUT2D eigenvalue weighted by molar-refractivity contribution is 0.276. The van der Waals surface area contributed by atoms with Crippen LogP contribution in [0.1, 0.15) is 17.9 Å². The number of hydrogen-bond donors (Lipinski definition) is 2. The first-order chi connectivity index (χ1) is 5.88. The van der Waals surface area contributed by atoms with Crippen molar-refractivity contribution in [3.63, 3.8) is 0 Å². The van der Waals surface area contributed by atoms with E-state index in [4.69, 9.17) is 10.8 Å². The fourth-order valence-electron chi connectivity index (χ4n) is 1.30. The summed E-state index contributed by atoms with van der Waals surface area (Å²) in [6.07, 6.45) is 0.751. The van der Waals surface area contributed by atoms with Gasteiger partial charge in [0.15, 0.2) is 0 Å². The number of aliphatic hydroxyl groups excluding tert-OH is 1. The normalized spacial score (nSPS) is 11.8. The third kappa shape index (κ3) is 3.77. The molecule has 0 aliphatic heterocycles. The summed E-state index contributed by atoms with van der Waals surface area (Å²) in [5.41, 5.74) is 6.80. The molecule has 1 aromatic carbocycles. The van der Waals surface area contributed by atoms with Crippen molar-refractivity contribution in [3.05, 3.63) is 35.9 Å². The van der Waals surface area contributed by atoms with E-state index in [9.17, 15) is 0 Å². The van der Waals surface area contributed by atoms with Gasteiger partial charge in [0.05, 0.1) is 0 Å². The Bertz CT molecular complexity index is 215. The fourth-order valence-corrected chi connectivity index (χ4v) is 1.30. The van der Waals surface area contributed by atoms with Crippen LogP contribution in [0, 0.1) is 0 Å². The Balaban J connectivity index is 0.00000144. The summed E-state index contributed by atoms with van der Waals surface area (Å²) in [7, 11) is 0. The Labute approximate surface area is 85.2 Å². The molecule has 13 heavy (non-hydrogen) atoms. The Hall–Kier alpha value is -0.570. The van der Waals surface area contributed by atoms with E-state index < -0.39 is 0 Å². The highest BCUT2D eigenvalue weighted by atomic mass is 35.5. The van der Waals surface area contributed by atoms with Crippen LogP contribution < -0.4 is 5.73 Å². The first kappa shape index (κ1) is 12.4.